The van der Waals surface area contributed by atoms with E-state index < -0.39 is 6.29 Å². The van der Waals surface area contributed by atoms with Gasteiger partial charge in [0, 0.05) is 26.7 Å². The van der Waals surface area contributed by atoms with Crippen molar-refractivity contribution < 1.29 is 23.7 Å². The number of benzene rings is 1. The summed E-state index contributed by atoms with van der Waals surface area (Å²) in [5.74, 6) is 1.10. The molecule has 100 valence electrons. The van der Waals surface area contributed by atoms with Crippen LogP contribution in [0, 0.1) is 0 Å². The molecule has 0 fully saturated rings. The van der Waals surface area contributed by atoms with Gasteiger partial charge in [-0.15, -0.1) is 0 Å². The van der Waals surface area contributed by atoms with Gasteiger partial charge in [-0.1, -0.05) is 0 Å². The second-order valence-corrected chi connectivity index (χ2v) is 3.63. The molecule has 0 radical (unpaired) electrons. The normalized spacial score (nSPS) is 10.5. The summed E-state index contributed by atoms with van der Waals surface area (Å²) in [6.45, 7) is 0. The third kappa shape index (κ3) is 3.21. The molecule has 0 aromatic heterocycles. The molecule has 0 amide bonds. The molecule has 0 aliphatic rings. The van der Waals surface area contributed by atoms with E-state index in [1.54, 1.807) is 33.5 Å². The maximum absolute atomic E-state index is 11.2. The zero-order valence-electron chi connectivity index (χ0n) is 11.1. The van der Waals surface area contributed by atoms with E-state index in [2.05, 4.69) is 0 Å². The van der Waals surface area contributed by atoms with Gasteiger partial charge in [-0.2, -0.15) is 0 Å². The molecular weight excluding hydrogens is 236 g/mol. The summed E-state index contributed by atoms with van der Waals surface area (Å²) in [5.41, 5.74) is 1.24. The lowest BCUT2D eigenvalue weighted by Crippen LogP contribution is -2.17. The van der Waals surface area contributed by atoms with Crippen molar-refractivity contribution in [1.82, 2.24) is 0 Å². The lowest BCUT2D eigenvalue weighted by atomic mass is 10.0. The standard InChI is InChI=1S/C13H18O5/c1-15-10-5-9(6-13(17-3)18-4)11(8-14)12(7-10)16-2/h5,7-8,13H,6H2,1-4H3. The molecule has 1 aromatic rings. The van der Waals surface area contributed by atoms with E-state index in [-0.39, 0.29) is 0 Å². The first-order valence-corrected chi connectivity index (χ1v) is 5.45. The fraction of sp³-hybridized carbons (Fsp3) is 0.462. The zero-order valence-corrected chi connectivity index (χ0v) is 11.1. The minimum absolute atomic E-state index is 0.416. The molecule has 0 aliphatic carbocycles. The summed E-state index contributed by atoms with van der Waals surface area (Å²) in [5, 5.41) is 0. The van der Waals surface area contributed by atoms with Gasteiger partial charge >= 0.3 is 0 Å². The van der Waals surface area contributed by atoms with Crippen LogP contribution in [0.1, 0.15) is 15.9 Å². The molecule has 0 aliphatic heterocycles. The van der Waals surface area contributed by atoms with Crippen LogP contribution in [0.3, 0.4) is 0 Å². The molecule has 0 saturated carbocycles. The summed E-state index contributed by atoms with van der Waals surface area (Å²) >= 11 is 0. The smallest absolute Gasteiger partial charge is 0.160 e. The first kappa shape index (κ1) is 14.5. The van der Waals surface area contributed by atoms with Crippen LogP contribution in [0.15, 0.2) is 12.1 Å². The van der Waals surface area contributed by atoms with Crippen LogP contribution >= 0.6 is 0 Å². The zero-order chi connectivity index (χ0) is 13.5. The van der Waals surface area contributed by atoms with E-state index in [0.29, 0.717) is 23.5 Å². The number of aldehydes is 1. The molecule has 0 unspecified atom stereocenters. The highest BCUT2D eigenvalue weighted by molar-refractivity contribution is 5.82. The summed E-state index contributed by atoms with van der Waals surface area (Å²) in [6, 6.07) is 3.44. The highest BCUT2D eigenvalue weighted by Crippen LogP contribution is 2.28. The third-order valence-corrected chi connectivity index (χ3v) is 2.69. The van der Waals surface area contributed by atoms with Crippen LogP contribution in [0.2, 0.25) is 0 Å². The third-order valence-electron chi connectivity index (χ3n) is 2.69. The van der Waals surface area contributed by atoms with Crippen LogP contribution in [0.4, 0.5) is 0 Å². The van der Waals surface area contributed by atoms with Crippen molar-refractivity contribution in [3.05, 3.63) is 23.3 Å². The second-order valence-electron chi connectivity index (χ2n) is 3.63. The Hall–Kier alpha value is -1.59. The molecule has 0 bridgehead atoms. The fourth-order valence-electron chi connectivity index (χ4n) is 1.69. The summed E-state index contributed by atoms with van der Waals surface area (Å²) in [4.78, 5) is 11.2. The van der Waals surface area contributed by atoms with Gasteiger partial charge in [-0.3, -0.25) is 4.79 Å². The Morgan fingerprint density at radius 3 is 2.22 bits per heavy atom. The van der Waals surface area contributed by atoms with E-state index in [1.165, 1.54) is 7.11 Å². The number of rotatable bonds is 7. The van der Waals surface area contributed by atoms with Crippen molar-refractivity contribution in [3.8, 4) is 11.5 Å². The molecule has 5 nitrogen and oxygen atoms in total. The predicted octanol–water partition coefficient (Wildman–Crippen LogP) is 1.68. The Labute approximate surface area is 107 Å². The lowest BCUT2D eigenvalue weighted by Gasteiger charge is -2.17. The number of carbonyl (C=O) groups excluding carboxylic acids is 1. The molecular formula is C13H18O5. The topological polar surface area (TPSA) is 54.0 Å². The molecule has 1 aromatic carbocycles. The van der Waals surface area contributed by atoms with E-state index in [1.807, 2.05) is 0 Å². The van der Waals surface area contributed by atoms with Gasteiger partial charge in [0.2, 0.25) is 0 Å². The van der Waals surface area contributed by atoms with Gasteiger partial charge in [-0.25, -0.2) is 0 Å². The molecule has 5 heteroatoms. The molecule has 0 heterocycles. The summed E-state index contributed by atoms with van der Waals surface area (Å²) in [7, 11) is 6.16. The van der Waals surface area contributed by atoms with Crippen LogP contribution in [0.5, 0.6) is 11.5 Å². The molecule has 0 N–H and O–H groups in total. The van der Waals surface area contributed by atoms with Gasteiger partial charge in [-0.05, 0) is 11.6 Å². The van der Waals surface area contributed by atoms with E-state index in [9.17, 15) is 4.79 Å². The Kier molecular flexibility index (Phi) is 5.61. The minimum Gasteiger partial charge on any atom is -0.497 e. The van der Waals surface area contributed by atoms with Crippen LogP contribution in [-0.4, -0.2) is 41.0 Å². The largest absolute Gasteiger partial charge is 0.497 e. The van der Waals surface area contributed by atoms with Crippen molar-refractivity contribution in [2.45, 2.75) is 12.7 Å². The Balaban J connectivity index is 3.17. The molecule has 0 saturated heterocycles. The lowest BCUT2D eigenvalue weighted by molar-refractivity contribution is -0.100. The van der Waals surface area contributed by atoms with Gasteiger partial charge in [0.05, 0.1) is 19.8 Å². The maximum atomic E-state index is 11.2. The highest BCUT2D eigenvalue weighted by Gasteiger charge is 2.15. The van der Waals surface area contributed by atoms with Crippen LogP contribution < -0.4 is 9.47 Å². The SMILES string of the molecule is COc1cc(CC(OC)OC)c(C=O)c(OC)c1. The summed E-state index contributed by atoms with van der Waals surface area (Å²) in [6.07, 6.45) is 0.783. The van der Waals surface area contributed by atoms with E-state index >= 15 is 0 Å². The Morgan fingerprint density at radius 1 is 1.11 bits per heavy atom. The van der Waals surface area contributed by atoms with Gasteiger partial charge in [0.25, 0.3) is 0 Å². The number of hydrogen-bond acceptors (Lipinski definition) is 5. The van der Waals surface area contributed by atoms with Crippen molar-refractivity contribution in [2.75, 3.05) is 28.4 Å². The number of carbonyl (C=O) groups is 1. The average molecular weight is 254 g/mol. The molecule has 0 spiro atoms. The van der Waals surface area contributed by atoms with Crippen molar-refractivity contribution in [2.24, 2.45) is 0 Å². The Bertz CT molecular complexity index is 399. The van der Waals surface area contributed by atoms with E-state index in [0.717, 1.165) is 11.8 Å². The predicted molar refractivity (Wildman–Crippen MR) is 66.4 cm³/mol. The highest BCUT2D eigenvalue weighted by atomic mass is 16.7. The maximum Gasteiger partial charge on any atom is 0.160 e. The number of methoxy groups -OCH3 is 4. The molecule has 0 atom stereocenters. The molecule has 1 rings (SSSR count). The number of ether oxygens (including phenoxy) is 4. The van der Waals surface area contributed by atoms with Gasteiger partial charge in [0.1, 0.15) is 11.5 Å². The second kappa shape index (κ2) is 6.98. The Morgan fingerprint density at radius 2 is 1.78 bits per heavy atom. The monoisotopic (exact) mass is 254 g/mol. The van der Waals surface area contributed by atoms with Crippen molar-refractivity contribution in [3.63, 3.8) is 0 Å². The van der Waals surface area contributed by atoms with Crippen LogP contribution in [-0.2, 0) is 15.9 Å². The van der Waals surface area contributed by atoms with Crippen molar-refractivity contribution in [1.29, 1.82) is 0 Å². The van der Waals surface area contributed by atoms with Gasteiger partial charge < -0.3 is 18.9 Å². The fourth-order valence-corrected chi connectivity index (χ4v) is 1.69. The van der Waals surface area contributed by atoms with E-state index in [4.69, 9.17) is 18.9 Å². The van der Waals surface area contributed by atoms with Crippen LogP contribution in [0.25, 0.3) is 0 Å². The van der Waals surface area contributed by atoms with Gasteiger partial charge in [0.15, 0.2) is 12.6 Å². The first-order chi connectivity index (χ1) is 8.69. The minimum atomic E-state index is -0.416. The number of hydrogen-bond donors (Lipinski definition) is 0. The molecule has 18 heavy (non-hydrogen) atoms. The summed E-state index contributed by atoms with van der Waals surface area (Å²) < 4.78 is 20.6. The van der Waals surface area contributed by atoms with Crippen molar-refractivity contribution >= 4 is 6.29 Å². The average Bonchev–Trinajstić information content (AvgIpc) is 2.43. The first-order valence-electron chi connectivity index (χ1n) is 5.45. The quantitative estimate of drug-likeness (QED) is 0.547.